The van der Waals surface area contributed by atoms with Crippen LogP contribution in [0.25, 0.3) is 10.9 Å². The zero-order valence-corrected chi connectivity index (χ0v) is 19.2. The summed E-state index contributed by atoms with van der Waals surface area (Å²) in [4.78, 5) is 26.3. The standard InChI is InChI=1S/C27H27F2N3O3/c28-20-11-18-24(31(17-7-8-17)14-19(26(18)33)27(34)35)23(29)25(20)32-13-16-6-9-22(32)21(10-16)30-12-15-4-2-1-3-5-15/h1-5,11,14,16-17,21-22,30H,6-10,12-13H2,(H,34,35). The zero-order valence-electron chi connectivity index (χ0n) is 19.2. The first-order chi connectivity index (χ1) is 16.9. The van der Waals surface area contributed by atoms with E-state index in [0.29, 0.717) is 19.0 Å². The third kappa shape index (κ3) is 3.80. The van der Waals surface area contributed by atoms with Gasteiger partial charge in [-0.3, -0.25) is 4.79 Å². The van der Waals surface area contributed by atoms with Gasteiger partial charge in [-0.05, 0) is 49.7 Å². The minimum atomic E-state index is -1.39. The van der Waals surface area contributed by atoms with Crippen molar-refractivity contribution in [3.8, 4) is 0 Å². The fourth-order valence-electron chi connectivity index (χ4n) is 6.00. The Balaban J connectivity index is 1.41. The number of nitrogens with zero attached hydrogens (tertiary/aromatic N) is 2. The van der Waals surface area contributed by atoms with Crippen LogP contribution in [0.3, 0.4) is 0 Å². The highest BCUT2D eigenvalue weighted by molar-refractivity contribution is 5.94. The number of rotatable bonds is 6. The lowest BCUT2D eigenvalue weighted by molar-refractivity contribution is 0.0694. The van der Waals surface area contributed by atoms with Gasteiger partial charge in [0.2, 0.25) is 5.43 Å². The summed E-state index contributed by atoms with van der Waals surface area (Å²) in [6, 6.07) is 11.0. The number of carbonyl (C=O) groups is 1. The van der Waals surface area contributed by atoms with E-state index < -0.39 is 28.6 Å². The molecule has 3 heterocycles. The minimum Gasteiger partial charge on any atom is -0.477 e. The second-order valence-corrected chi connectivity index (χ2v) is 10.1. The number of aromatic carboxylic acids is 1. The molecule has 3 unspecified atom stereocenters. The lowest BCUT2D eigenvalue weighted by atomic mass is 9.76. The summed E-state index contributed by atoms with van der Waals surface area (Å²) < 4.78 is 33.2. The van der Waals surface area contributed by atoms with Gasteiger partial charge in [-0.2, -0.15) is 0 Å². The Bertz CT molecular complexity index is 1370. The molecular formula is C27H27F2N3O3. The predicted octanol–water partition coefficient (Wildman–Crippen LogP) is 4.46. The second kappa shape index (κ2) is 8.45. The van der Waals surface area contributed by atoms with Crippen molar-refractivity contribution in [1.82, 2.24) is 9.88 Å². The maximum Gasteiger partial charge on any atom is 0.341 e. The molecule has 4 aliphatic rings. The highest BCUT2D eigenvalue weighted by atomic mass is 19.1. The number of anilines is 1. The van der Waals surface area contributed by atoms with Crippen molar-refractivity contribution in [3.63, 3.8) is 0 Å². The van der Waals surface area contributed by atoms with Crippen LogP contribution >= 0.6 is 0 Å². The van der Waals surface area contributed by atoms with Crippen LogP contribution in [0.2, 0.25) is 0 Å². The Hall–Kier alpha value is -3.26. The molecule has 3 atom stereocenters. The number of hydrogen-bond acceptors (Lipinski definition) is 4. The molecule has 0 spiro atoms. The van der Waals surface area contributed by atoms with Crippen molar-refractivity contribution >= 4 is 22.6 Å². The number of piperidine rings is 2. The molecule has 2 aliphatic heterocycles. The molecule has 2 N–H and O–H groups in total. The number of hydrogen-bond donors (Lipinski definition) is 2. The van der Waals surface area contributed by atoms with Crippen LogP contribution in [0.5, 0.6) is 0 Å². The fourth-order valence-corrected chi connectivity index (χ4v) is 6.00. The summed E-state index contributed by atoms with van der Waals surface area (Å²) in [5.74, 6) is -2.65. The van der Waals surface area contributed by atoms with E-state index in [-0.39, 0.29) is 34.7 Å². The maximum absolute atomic E-state index is 16.2. The molecule has 3 aromatic rings. The number of nitrogens with one attached hydrogen (secondary N) is 1. The van der Waals surface area contributed by atoms with Gasteiger partial charge in [-0.1, -0.05) is 30.3 Å². The number of benzene rings is 2. The zero-order chi connectivity index (χ0) is 24.3. The number of aromatic nitrogens is 1. The van der Waals surface area contributed by atoms with E-state index in [1.54, 1.807) is 0 Å². The molecule has 6 nitrogen and oxygen atoms in total. The Morgan fingerprint density at radius 2 is 1.89 bits per heavy atom. The molecule has 2 aromatic carbocycles. The Kier molecular flexibility index (Phi) is 5.36. The summed E-state index contributed by atoms with van der Waals surface area (Å²) in [5.41, 5.74) is -0.245. The fraction of sp³-hybridized carbons (Fsp3) is 0.407. The van der Waals surface area contributed by atoms with Gasteiger partial charge >= 0.3 is 5.97 Å². The summed E-state index contributed by atoms with van der Waals surface area (Å²) in [6.45, 7) is 1.25. The molecule has 182 valence electrons. The van der Waals surface area contributed by atoms with Gasteiger partial charge in [-0.25, -0.2) is 13.6 Å². The molecule has 0 radical (unpaired) electrons. The van der Waals surface area contributed by atoms with Crippen molar-refractivity contribution in [2.75, 3.05) is 11.4 Å². The lowest BCUT2D eigenvalue weighted by Gasteiger charge is -2.51. The summed E-state index contributed by atoms with van der Waals surface area (Å²) in [7, 11) is 0. The molecule has 2 aliphatic carbocycles. The SMILES string of the molecule is O=C(O)c1cn(C2CC2)c2c(F)c(N3CC4CCC3C(NCc3ccccc3)C4)c(F)cc2c1=O. The minimum absolute atomic E-state index is 0.00846. The third-order valence-electron chi connectivity index (χ3n) is 7.83. The monoisotopic (exact) mass is 479 g/mol. The van der Waals surface area contributed by atoms with E-state index in [0.717, 1.165) is 43.7 Å². The molecule has 0 amide bonds. The quantitative estimate of drug-likeness (QED) is 0.546. The third-order valence-corrected chi connectivity index (χ3v) is 7.83. The molecule has 1 aromatic heterocycles. The topological polar surface area (TPSA) is 74.6 Å². The van der Waals surface area contributed by atoms with Gasteiger partial charge in [0.15, 0.2) is 5.82 Å². The van der Waals surface area contributed by atoms with Gasteiger partial charge in [0.05, 0.1) is 10.9 Å². The van der Waals surface area contributed by atoms with Crippen molar-refractivity contribution in [2.45, 2.75) is 56.8 Å². The molecule has 4 fully saturated rings. The molecular weight excluding hydrogens is 452 g/mol. The van der Waals surface area contributed by atoms with Crippen molar-refractivity contribution < 1.29 is 18.7 Å². The second-order valence-electron chi connectivity index (χ2n) is 10.1. The number of pyridine rings is 1. The Morgan fingerprint density at radius 1 is 1.11 bits per heavy atom. The number of fused-ring (bicyclic) bond motifs is 4. The molecule has 7 rings (SSSR count). The van der Waals surface area contributed by atoms with Crippen molar-refractivity contribution in [3.05, 3.63) is 75.6 Å². The largest absolute Gasteiger partial charge is 0.477 e. The van der Waals surface area contributed by atoms with Crippen LogP contribution in [-0.4, -0.2) is 34.3 Å². The summed E-state index contributed by atoms with van der Waals surface area (Å²) in [6.07, 6.45) is 5.57. The van der Waals surface area contributed by atoms with E-state index in [1.165, 1.54) is 10.8 Å². The van der Waals surface area contributed by atoms with Gasteiger partial charge in [0.1, 0.15) is 17.1 Å². The number of carboxylic acid groups (broad SMARTS) is 1. The smallest absolute Gasteiger partial charge is 0.341 e. The van der Waals surface area contributed by atoms with Crippen LogP contribution in [0.4, 0.5) is 14.5 Å². The molecule has 8 heteroatoms. The molecule has 2 bridgehead atoms. The summed E-state index contributed by atoms with van der Waals surface area (Å²) in [5, 5.41) is 12.9. The number of carboxylic acids is 1. The Labute approximate surface area is 201 Å². The van der Waals surface area contributed by atoms with Crippen LogP contribution in [-0.2, 0) is 6.54 Å². The first kappa shape index (κ1) is 22.2. The van der Waals surface area contributed by atoms with E-state index in [4.69, 9.17) is 0 Å². The van der Waals surface area contributed by atoms with E-state index in [9.17, 15) is 14.7 Å². The van der Waals surface area contributed by atoms with E-state index in [2.05, 4.69) is 17.4 Å². The highest BCUT2D eigenvalue weighted by Gasteiger charge is 2.43. The summed E-state index contributed by atoms with van der Waals surface area (Å²) >= 11 is 0. The van der Waals surface area contributed by atoms with E-state index in [1.807, 2.05) is 23.1 Å². The predicted molar refractivity (Wildman–Crippen MR) is 129 cm³/mol. The lowest BCUT2D eigenvalue weighted by Crippen LogP contribution is -2.60. The van der Waals surface area contributed by atoms with E-state index >= 15 is 8.78 Å². The number of halogens is 2. The van der Waals surface area contributed by atoms with Crippen molar-refractivity contribution in [2.24, 2.45) is 5.92 Å². The van der Waals surface area contributed by atoms with Crippen LogP contribution < -0.4 is 15.6 Å². The van der Waals surface area contributed by atoms with Gasteiger partial charge in [-0.15, -0.1) is 0 Å². The Morgan fingerprint density at radius 3 is 2.57 bits per heavy atom. The normalized spacial score (nSPS) is 23.7. The van der Waals surface area contributed by atoms with Crippen LogP contribution in [0.1, 0.15) is 54.1 Å². The van der Waals surface area contributed by atoms with Crippen LogP contribution in [0, 0.1) is 17.6 Å². The first-order valence-corrected chi connectivity index (χ1v) is 12.3. The average molecular weight is 480 g/mol. The first-order valence-electron chi connectivity index (χ1n) is 12.3. The van der Waals surface area contributed by atoms with Gasteiger partial charge in [0, 0.05) is 37.4 Å². The maximum atomic E-state index is 16.2. The van der Waals surface area contributed by atoms with Gasteiger partial charge < -0.3 is 19.9 Å². The average Bonchev–Trinajstić information content (AvgIpc) is 3.70. The van der Waals surface area contributed by atoms with Crippen LogP contribution in [0.15, 0.2) is 47.4 Å². The highest BCUT2D eigenvalue weighted by Crippen LogP contribution is 2.43. The molecule has 2 saturated carbocycles. The van der Waals surface area contributed by atoms with Crippen molar-refractivity contribution in [1.29, 1.82) is 0 Å². The van der Waals surface area contributed by atoms with Gasteiger partial charge in [0.25, 0.3) is 0 Å². The molecule has 2 saturated heterocycles. The molecule has 35 heavy (non-hydrogen) atoms.